The SMILES string of the molecule is CC1(O)CCN(c2cc(N3CCCC(CO)C3)ncn2)C1. The highest BCUT2D eigenvalue weighted by molar-refractivity contribution is 5.51. The van der Waals surface area contributed by atoms with E-state index in [9.17, 15) is 10.2 Å². The summed E-state index contributed by atoms with van der Waals surface area (Å²) in [5, 5.41) is 19.4. The van der Waals surface area contributed by atoms with Crippen LogP contribution in [0.25, 0.3) is 0 Å². The molecule has 1 aromatic rings. The molecule has 2 unspecified atom stereocenters. The molecule has 0 aliphatic carbocycles. The first-order valence-electron chi connectivity index (χ1n) is 7.72. The predicted molar refractivity (Wildman–Crippen MR) is 81.5 cm³/mol. The molecule has 6 heteroatoms. The summed E-state index contributed by atoms with van der Waals surface area (Å²) in [5.41, 5.74) is -0.627. The molecular weight excluding hydrogens is 268 g/mol. The lowest BCUT2D eigenvalue weighted by Crippen LogP contribution is -2.37. The molecule has 1 aromatic heterocycles. The summed E-state index contributed by atoms with van der Waals surface area (Å²) in [4.78, 5) is 13.1. The van der Waals surface area contributed by atoms with Crippen LogP contribution in [0.4, 0.5) is 11.6 Å². The zero-order chi connectivity index (χ0) is 14.9. The molecule has 0 aromatic carbocycles. The number of anilines is 2. The largest absolute Gasteiger partial charge is 0.396 e. The van der Waals surface area contributed by atoms with Crippen LogP contribution in [0.15, 0.2) is 12.4 Å². The number of aromatic nitrogens is 2. The highest BCUT2D eigenvalue weighted by Crippen LogP contribution is 2.28. The van der Waals surface area contributed by atoms with Crippen molar-refractivity contribution in [2.45, 2.75) is 31.8 Å². The molecule has 2 fully saturated rings. The number of rotatable bonds is 3. The topological polar surface area (TPSA) is 72.7 Å². The molecule has 0 bridgehead atoms. The van der Waals surface area contributed by atoms with Crippen LogP contribution in [0.3, 0.4) is 0 Å². The van der Waals surface area contributed by atoms with Crippen molar-refractivity contribution in [3.63, 3.8) is 0 Å². The van der Waals surface area contributed by atoms with E-state index in [0.717, 1.165) is 50.5 Å². The van der Waals surface area contributed by atoms with Crippen LogP contribution < -0.4 is 9.80 Å². The molecule has 2 aliphatic heterocycles. The maximum atomic E-state index is 10.1. The van der Waals surface area contributed by atoms with Gasteiger partial charge in [0.25, 0.3) is 0 Å². The summed E-state index contributed by atoms with van der Waals surface area (Å²) >= 11 is 0. The fourth-order valence-electron chi connectivity index (χ4n) is 3.25. The third-order valence-corrected chi connectivity index (χ3v) is 4.52. The maximum Gasteiger partial charge on any atom is 0.134 e. The molecular formula is C15H24N4O2. The van der Waals surface area contributed by atoms with Gasteiger partial charge in [0.2, 0.25) is 0 Å². The van der Waals surface area contributed by atoms with Crippen molar-refractivity contribution in [3.05, 3.63) is 12.4 Å². The van der Waals surface area contributed by atoms with E-state index in [4.69, 9.17) is 0 Å². The van der Waals surface area contributed by atoms with Crippen molar-refractivity contribution in [1.82, 2.24) is 9.97 Å². The van der Waals surface area contributed by atoms with E-state index in [-0.39, 0.29) is 6.61 Å². The summed E-state index contributed by atoms with van der Waals surface area (Å²) < 4.78 is 0. The lowest BCUT2D eigenvalue weighted by atomic mass is 9.99. The van der Waals surface area contributed by atoms with Crippen molar-refractivity contribution < 1.29 is 10.2 Å². The van der Waals surface area contributed by atoms with E-state index in [1.165, 1.54) is 0 Å². The predicted octanol–water partition coefficient (Wildman–Crippen LogP) is 0.646. The van der Waals surface area contributed by atoms with Crippen LogP contribution in [0.1, 0.15) is 26.2 Å². The molecule has 0 radical (unpaired) electrons. The summed E-state index contributed by atoms with van der Waals surface area (Å²) in [6.45, 7) is 5.37. The van der Waals surface area contributed by atoms with Gasteiger partial charge in [-0.15, -0.1) is 0 Å². The first kappa shape index (κ1) is 14.5. The first-order valence-corrected chi connectivity index (χ1v) is 7.72. The summed E-state index contributed by atoms with van der Waals surface area (Å²) in [6, 6.07) is 2.00. The van der Waals surface area contributed by atoms with E-state index in [0.29, 0.717) is 12.5 Å². The van der Waals surface area contributed by atoms with Gasteiger partial charge in [-0.25, -0.2) is 9.97 Å². The van der Waals surface area contributed by atoms with Crippen LogP contribution >= 0.6 is 0 Å². The zero-order valence-corrected chi connectivity index (χ0v) is 12.6. The average Bonchev–Trinajstić information content (AvgIpc) is 2.88. The first-order chi connectivity index (χ1) is 10.1. The van der Waals surface area contributed by atoms with Crippen molar-refractivity contribution >= 4 is 11.6 Å². The Kier molecular flexibility index (Phi) is 3.99. The Morgan fingerprint density at radius 1 is 1.29 bits per heavy atom. The molecule has 6 nitrogen and oxygen atoms in total. The minimum atomic E-state index is -0.627. The molecule has 0 amide bonds. The average molecular weight is 292 g/mol. The van der Waals surface area contributed by atoms with Gasteiger partial charge >= 0.3 is 0 Å². The Balaban J connectivity index is 1.74. The van der Waals surface area contributed by atoms with Gasteiger partial charge in [0.1, 0.15) is 18.0 Å². The van der Waals surface area contributed by atoms with Gasteiger partial charge in [-0.2, -0.15) is 0 Å². The minimum absolute atomic E-state index is 0.240. The number of nitrogens with zero attached hydrogens (tertiary/aromatic N) is 4. The van der Waals surface area contributed by atoms with Crippen molar-refractivity contribution in [2.24, 2.45) is 5.92 Å². The number of hydrogen-bond donors (Lipinski definition) is 2. The standard InChI is InChI=1S/C15H24N4O2/c1-15(21)4-6-19(10-15)14-7-13(16-11-17-14)18-5-2-3-12(8-18)9-20/h7,11-12,20-21H,2-6,8-10H2,1H3. The van der Waals surface area contributed by atoms with Crippen molar-refractivity contribution in [2.75, 3.05) is 42.6 Å². The van der Waals surface area contributed by atoms with Gasteiger partial charge in [0, 0.05) is 38.9 Å². The smallest absolute Gasteiger partial charge is 0.134 e. The number of hydrogen-bond acceptors (Lipinski definition) is 6. The lowest BCUT2D eigenvalue weighted by Gasteiger charge is -2.33. The Hall–Kier alpha value is -1.40. The number of aliphatic hydroxyl groups excluding tert-OH is 1. The van der Waals surface area contributed by atoms with Crippen LogP contribution in [0, 0.1) is 5.92 Å². The number of β-amino-alcohol motifs (C(OH)–C–C–N with tert-alkyl or cyclic N) is 1. The van der Waals surface area contributed by atoms with Gasteiger partial charge in [0.05, 0.1) is 5.60 Å². The minimum Gasteiger partial charge on any atom is -0.396 e. The monoisotopic (exact) mass is 292 g/mol. The number of aliphatic hydroxyl groups is 2. The van der Waals surface area contributed by atoms with Crippen LogP contribution in [-0.4, -0.2) is 58.6 Å². The van der Waals surface area contributed by atoms with Gasteiger partial charge < -0.3 is 20.0 Å². The van der Waals surface area contributed by atoms with Gasteiger partial charge in [-0.1, -0.05) is 0 Å². The quantitative estimate of drug-likeness (QED) is 0.852. The highest BCUT2D eigenvalue weighted by Gasteiger charge is 2.32. The van der Waals surface area contributed by atoms with Gasteiger partial charge in [-0.05, 0) is 32.1 Å². The molecule has 2 aliphatic rings. The molecule has 0 saturated carbocycles. The molecule has 116 valence electrons. The zero-order valence-electron chi connectivity index (χ0n) is 12.6. The Morgan fingerprint density at radius 3 is 2.71 bits per heavy atom. The molecule has 2 saturated heterocycles. The van der Waals surface area contributed by atoms with Gasteiger partial charge in [0.15, 0.2) is 0 Å². The van der Waals surface area contributed by atoms with E-state index >= 15 is 0 Å². The highest BCUT2D eigenvalue weighted by atomic mass is 16.3. The summed E-state index contributed by atoms with van der Waals surface area (Å²) in [6.07, 6.45) is 4.53. The van der Waals surface area contributed by atoms with E-state index in [2.05, 4.69) is 19.8 Å². The normalized spacial score (nSPS) is 30.0. The Morgan fingerprint density at radius 2 is 2.05 bits per heavy atom. The summed E-state index contributed by atoms with van der Waals surface area (Å²) in [7, 11) is 0. The van der Waals surface area contributed by atoms with Crippen molar-refractivity contribution in [3.8, 4) is 0 Å². The second-order valence-electron chi connectivity index (χ2n) is 6.54. The van der Waals surface area contributed by atoms with Crippen LogP contribution in [-0.2, 0) is 0 Å². The summed E-state index contributed by atoms with van der Waals surface area (Å²) in [5.74, 6) is 2.14. The molecule has 2 atom stereocenters. The fourth-order valence-corrected chi connectivity index (χ4v) is 3.25. The molecule has 21 heavy (non-hydrogen) atoms. The third kappa shape index (κ3) is 3.27. The van der Waals surface area contributed by atoms with E-state index in [1.807, 2.05) is 13.0 Å². The molecule has 3 rings (SSSR count). The lowest BCUT2D eigenvalue weighted by molar-refractivity contribution is 0.0839. The number of piperidine rings is 1. The van der Waals surface area contributed by atoms with Crippen molar-refractivity contribution in [1.29, 1.82) is 0 Å². The third-order valence-electron chi connectivity index (χ3n) is 4.52. The van der Waals surface area contributed by atoms with E-state index < -0.39 is 5.60 Å². The van der Waals surface area contributed by atoms with Crippen LogP contribution in [0.5, 0.6) is 0 Å². The van der Waals surface area contributed by atoms with Crippen LogP contribution in [0.2, 0.25) is 0 Å². The second kappa shape index (κ2) is 5.77. The fraction of sp³-hybridized carbons (Fsp3) is 0.733. The second-order valence-corrected chi connectivity index (χ2v) is 6.54. The van der Waals surface area contributed by atoms with Gasteiger partial charge in [-0.3, -0.25) is 0 Å². The molecule has 2 N–H and O–H groups in total. The maximum absolute atomic E-state index is 10.1. The Labute approximate surface area is 125 Å². The Bertz CT molecular complexity index is 494. The van der Waals surface area contributed by atoms with E-state index in [1.54, 1.807) is 6.33 Å². The molecule has 3 heterocycles. The molecule has 0 spiro atoms.